The number of H-pyrrole nitrogens is 2. The van der Waals surface area contributed by atoms with E-state index in [1.807, 2.05) is 61.0 Å². The lowest BCUT2D eigenvalue weighted by molar-refractivity contribution is 0.00504. The van der Waals surface area contributed by atoms with Crippen LogP contribution in [0.1, 0.15) is 33.9 Å². The summed E-state index contributed by atoms with van der Waals surface area (Å²) in [6.07, 6.45) is 3.70. The van der Waals surface area contributed by atoms with Crippen LogP contribution < -0.4 is 9.47 Å². The van der Waals surface area contributed by atoms with Gasteiger partial charge in [-0.25, -0.2) is 0 Å². The summed E-state index contributed by atoms with van der Waals surface area (Å²) in [6, 6.07) is 41.3. The Labute approximate surface area is 302 Å². The molecule has 0 amide bonds. The van der Waals surface area contributed by atoms with Crippen LogP contribution in [0.5, 0.6) is 11.5 Å². The molecule has 2 N–H and O–H groups in total. The second kappa shape index (κ2) is 15.7. The number of aliphatic imine (C=N–C) groups is 2. The maximum absolute atomic E-state index is 6.06. The molecule has 1 spiro atoms. The summed E-state index contributed by atoms with van der Waals surface area (Å²) in [5.41, 5.74) is 9.43. The zero-order chi connectivity index (χ0) is 35.0. The number of fused-ring (bicyclic) bond motifs is 13. The van der Waals surface area contributed by atoms with Crippen LogP contribution in [-0.2, 0) is 19.6 Å². The highest BCUT2D eigenvalue weighted by Crippen LogP contribution is 2.55. The minimum absolute atomic E-state index is 0.398. The molecule has 0 saturated carbocycles. The van der Waals surface area contributed by atoms with Gasteiger partial charge in [-0.3, -0.25) is 9.98 Å². The molecule has 0 atom stereocenters. The van der Waals surface area contributed by atoms with Gasteiger partial charge in [-0.2, -0.15) is 0 Å². The van der Waals surface area contributed by atoms with Crippen LogP contribution >= 0.6 is 0 Å². The van der Waals surface area contributed by atoms with Gasteiger partial charge < -0.3 is 33.7 Å². The summed E-state index contributed by atoms with van der Waals surface area (Å²) >= 11 is 0. The van der Waals surface area contributed by atoms with Crippen LogP contribution in [0.3, 0.4) is 0 Å². The van der Waals surface area contributed by atoms with Crippen molar-refractivity contribution in [2.75, 3.05) is 52.9 Å². The Bertz CT molecular complexity index is 2030. The van der Waals surface area contributed by atoms with Crippen molar-refractivity contribution in [2.24, 2.45) is 9.98 Å². The zero-order valence-corrected chi connectivity index (χ0v) is 28.8. The topological polar surface area (TPSA) is 102 Å². The maximum Gasteiger partial charge on any atom is 0.145 e. The second-order valence-electron chi connectivity index (χ2n) is 12.5. The van der Waals surface area contributed by atoms with E-state index in [9.17, 15) is 0 Å². The Morgan fingerprint density at radius 1 is 0.423 bits per heavy atom. The Hall–Kier alpha value is -5.74. The smallest absolute Gasteiger partial charge is 0.145 e. The lowest BCUT2D eigenvalue weighted by atomic mass is 9.73. The van der Waals surface area contributed by atoms with Gasteiger partial charge in [0.15, 0.2) is 0 Å². The largest absolute Gasteiger partial charge is 0.489 e. The predicted molar refractivity (Wildman–Crippen MR) is 203 cm³/mol. The normalized spacial score (nSPS) is 16.3. The average molecular weight is 693 g/mol. The van der Waals surface area contributed by atoms with Gasteiger partial charge in [0.25, 0.3) is 0 Å². The molecule has 9 heteroatoms. The fraction of sp³-hybridized carbons (Fsp3) is 0.209. The van der Waals surface area contributed by atoms with Gasteiger partial charge in [0.2, 0.25) is 0 Å². The maximum atomic E-state index is 6.06. The minimum atomic E-state index is -0.638. The average Bonchev–Trinajstić information content (AvgIpc) is 3.93. The van der Waals surface area contributed by atoms with Crippen LogP contribution in [-0.4, -0.2) is 75.3 Å². The number of ether oxygens (including phenoxy) is 5. The molecule has 2 aliphatic rings. The number of aromatic amines is 2. The molecule has 0 fully saturated rings. The molecular weight excluding hydrogens is 652 g/mol. The van der Waals surface area contributed by atoms with Crippen molar-refractivity contribution in [3.05, 3.63) is 155 Å². The Morgan fingerprint density at radius 3 is 1.31 bits per heavy atom. The minimum Gasteiger partial charge on any atom is -0.489 e. The van der Waals surface area contributed by atoms with E-state index in [0.29, 0.717) is 64.4 Å². The first kappa shape index (κ1) is 33.4. The van der Waals surface area contributed by atoms with Crippen molar-refractivity contribution in [1.29, 1.82) is 0 Å². The number of benzene rings is 4. The predicted octanol–water partition coefficient (Wildman–Crippen LogP) is 8.03. The van der Waals surface area contributed by atoms with Crippen molar-refractivity contribution in [1.82, 2.24) is 9.97 Å². The van der Waals surface area contributed by atoms with Crippen LogP contribution in [0.15, 0.2) is 131 Å². The van der Waals surface area contributed by atoms with Gasteiger partial charge in [0, 0.05) is 11.4 Å². The van der Waals surface area contributed by atoms with E-state index in [1.54, 1.807) is 0 Å². The lowest BCUT2D eigenvalue weighted by Crippen LogP contribution is -2.29. The molecule has 4 aromatic carbocycles. The quantitative estimate of drug-likeness (QED) is 0.168. The number of hydrogen-bond donors (Lipinski definition) is 2. The Morgan fingerprint density at radius 2 is 0.827 bits per heavy atom. The molecule has 262 valence electrons. The summed E-state index contributed by atoms with van der Waals surface area (Å²) in [4.78, 5) is 17.2. The van der Waals surface area contributed by atoms with Crippen molar-refractivity contribution in [3.8, 4) is 22.6 Å². The Kier molecular flexibility index (Phi) is 10.1. The zero-order valence-electron chi connectivity index (χ0n) is 28.8. The monoisotopic (exact) mass is 692 g/mol. The van der Waals surface area contributed by atoms with Crippen LogP contribution in [0.4, 0.5) is 11.4 Å². The van der Waals surface area contributed by atoms with E-state index in [0.717, 1.165) is 34.2 Å². The fourth-order valence-electron chi connectivity index (χ4n) is 6.99. The fourth-order valence-corrected chi connectivity index (χ4v) is 6.99. The highest BCUT2D eigenvalue weighted by Gasteiger charge is 2.47. The van der Waals surface area contributed by atoms with Crippen molar-refractivity contribution in [3.63, 3.8) is 0 Å². The molecule has 6 aromatic rings. The molecule has 8 rings (SSSR count). The van der Waals surface area contributed by atoms with Crippen LogP contribution in [0.25, 0.3) is 11.1 Å². The molecule has 1 aliphatic carbocycles. The lowest BCUT2D eigenvalue weighted by Gasteiger charge is -2.31. The molecule has 0 unspecified atom stereocenters. The van der Waals surface area contributed by atoms with Gasteiger partial charge in [-0.15, -0.1) is 0 Å². The summed E-state index contributed by atoms with van der Waals surface area (Å²) in [6.45, 7) is 3.57. The summed E-state index contributed by atoms with van der Waals surface area (Å²) in [7, 11) is 0. The third kappa shape index (κ3) is 6.81. The molecule has 52 heavy (non-hydrogen) atoms. The summed E-state index contributed by atoms with van der Waals surface area (Å²) in [5, 5.41) is 0. The number of rotatable bonds is 0. The van der Waals surface area contributed by atoms with Crippen molar-refractivity contribution < 1.29 is 23.7 Å². The van der Waals surface area contributed by atoms with E-state index in [1.165, 1.54) is 22.3 Å². The van der Waals surface area contributed by atoms with E-state index < -0.39 is 5.41 Å². The molecule has 9 nitrogen and oxygen atoms in total. The molecule has 2 aromatic heterocycles. The van der Waals surface area contributed by atoms with E-state index >= 15 is 0 Å². The molecular formula is C43H40N4O5. The summed E-state index contributed by atoms with van der Waals surface area (Å²) in [5.74, 6) is 1.39. The third-order valence-electron chi connectivity index (χ3n) is 9.31. The first-order valence-electron chi connectivity index (χ1n) is 17.6. The summed E-state index contributed by atoms with van der Waals surface area (Å²) < 4.78 is 29.2. The standard InChI is InChI=1S/C43H40N4O5/c1-3-11-35-33(9-1)34-10-2-4-12-36(34)43(35)41-19-17-31(46-41)29-44-37-13-5-7-15-39(37)51-27-25-49-23-21-48-22-24-50-26-28-52-40-16-8-6-14-38(40)45-30-32-18-20-42(43)47-32/h1-20,29-30,46-47H,21-28H2. The molecule has 0 radical (unpaired) electrons. The number of nitrogens with one attached hydrogen (secondary N) is 2. The van der Waals surface area contributed by atoms with Crippen molar-refractivity contribution in [2.45, 2.75) is 5.41 Å². The first-order valence-corrected chi connectivity index (χ1v) is 17.6. The molecule has 4 bridgehead atoms. The molecule has 3 heterocycles. The number of aromatic nitrogens is 2. The van der Waals surface area contributed by atoms with Gasteiger partial charge in [0.05, 0.1) is 63.5 Å². The van der Waals surface area contributed by atoms with Crippen molar-refractivity contribution >= 4 is 23.8 Å². The number of para-hydroxylation sites is 4. The molecule has 1 aliphatic heterocycles. The Balaban J connectivity index is 1.18. The molecule has 0 saturated heterocycles. The highest BCUT2D eigenvalue weighted by molar-refractivity contribution is 5.88. The van der Waals surface area contributed by atoms with Gasteiger partial charge in [0.1, 0.15) is 41.5 Å². The van der Waals surface area contributed by atoms with Crippen LogP contribution in [0, 0.1) is 0 Å². The first-order chi connectivity index (χ1) is 25.8. The van der Waals surface area contributed by atoms with E-state index in [2.05, 4.69) is 82.8 Å². The van der Waals surface area contributed by atoms with E-state index in [-0.39, 0.29) is 0 Å². The SMILES string of the molecule is C1=Nc2ccccc2OCCOCCOCCOCCOc2ccccc2N=Cc2ccc([nH]2)C2(c3ccc1[nH]3)c1ccccc1-c1ccccc12. The highest BCUT2D eigenvalue weighted by atomic mass is 16.6. The third-order valence-corrected chi connectivity index (χ3v) is 9.31. The van der Waals surface area contributed by atoms with Gasteiger partial charge in [-0.1, -0.05) is 72.8 Å². The van der Waals surface area contributed by atoms with Gasteiger partial charge >= 0.3 is 0 Å². The van der Waals surface area contributed by atoms with E-state index in [4.69, 9.17) is 33.7 Å². The second-order valence-corrected chi connectivity index (χ2v) is 12.5. The number of hydrogen-bond acceptors (Lipinski definition) is 7. The number of nitrogens with zero attached hydrogens (tertiary/aromatic N) is 2. The van der Waals surface area contributed by atoms with Gasteiger partial charge in [-0.05, 0) is 70.8 Å². The van der Waals surface area contributed by atoms with Crippen LogP contribution in [0.2, 0.25) is 0 Å².